The molecule has 0 saturated carbocycles. The van der Waals surface area contributed by atoms with E-state index in [1.54, 1.807) is 0 Å². The number of amides is 2. The van der Waals surface area contributed by atoms with Crippen molar-refractivity contribution in [1.82, 2.24) is 10.2 Å². The average molecular weight is 343 g/mol. The Morgan fingerprint density at radius 1 is 1.38 bits per heavy atom. The molecule has 1 unspecified atom stereocenters. The third-order valence-corrected chi connectivity index (χ3v) is 5.05. The molecule has 0 radical (unpaired) electrons. The summed E-state index contributed by atoms with van der Waals surface area (Å²) in [5, 5.41) is 7.79. The third-order valence-electron chi connectivity index (χ3n) is 4.13. The van der Waals surface area contributed by atoms with E-state index in [2.05, 4.69) is 10.6 Å². The van der Waals surface area contributed by atoms with Crippen molar-refractivity contribution in [1.29, 1.82) is 0 Å². The highest BCUT2D eigenvalue weighted by Gasteiger charge is 2.32. The second kappa shape index (κ2) is 7.15. The van der Waals surface area contributed by atoms with Gasteiger partial charge in [-0.3, -0.25) is 14.5 Å². The number of benzene rings is 1. The number of nitrogens with one attached hydrogen (secondary N) is 2. The zero-order valence-electron chi connectivity index (χ0n) is 13.8. The van der Waals surface area contributed by atoms with Crippen LogP contribution in [-0.4, -0.2) is 36.3 Å². The van der Waals surface area contributed by atoms with Gasteiger partial charge >= 0.3 is 0 Å². The molecule has 1 atom stereocenters. The lowest BCUT2D eigenvalue weighted by molar-refractivity contribution is -0.130. The molecule has 3 rings (SSSR count). The molecular weight excluding hydrogens is 322 g/mol. The maximum atomic E-state index is 12.5. The van der Waals surface area contributed by atoms with Crippen LogP contribution in [0.3, 0.4) is 0 Å². The zero-order chi connectivity index (χ0) is 17.1. The Hall–Kier alpha value is -2.18. The maximum Gasteiger partial charge on any atom is 0.242 e. The van der Waals surface area contributed by atoms with E-state index in [0.29, 0.717) is 13.1 Å². The first-order valence-corrected chi connectivity index (χ1v) is 8.85. The number of aryl methyl sites for hydroxylation is 2. The van der Waals surface area contributed by atoms with Crippen molar-refractivity contribution in [2.24, 2.45) is 0 Å². The Labute approximate surface area is 145 Å². The van der Waals surface area contributed by atoms with E-state index in [0.717, 1.165) is 21.7 Å². The summed E-state index contributed by atoms with van der Waals surface area (Å²) in [6, 6.07) is 9.42. The molecule has 0 aliphatic carbocycles. The van der Waals surface area contributed by atoms with E-state index in [9.17, 15) is 9.59 Å². The summed E-state index contributed by atoms with van der Waals surface area (Å²) in [6.07, 6.45) is 0. The van der Waals surface area contributed by atoms with Gasteiger partial charge in [0.05, 0.1) is 6.54 Å². The average Bonchev–Trinajstić information content (AvgIpc) is 3.04. The van der Waals surface area contributed by atoms with E-state index in [1.807, 2.05) is 54.5 Å². The molecule has 2 heterocycles. The SMILES string of the molecule is Cc1ccc(NC(=O)CN2CCNC(=O)C2c2cccs2)c(C)c1. The van der Waals surface area contributed by atoms with Crippen LogP contribution >= 0.6 is 11.3 Å². The summed E-state index contributed by atoms with van der Waals surface area (Å²) < 4.78 is 0. The number of carbonyl (C=O) groups excluding carboxylic acids is 2. The number of hydrogen-bond acceptors (Lipinski definition) is 4. The first kappa shape index (κ1) is 16.7. The van der Waals surface area contributed by atoms with Gasteiger partial charge in [0, 0.05) is 23.7 Å². The largest absolute Gasteiger partial charge is 0.353 e. The Morgan fingerprint density at radius 2 is 2.21 bits per heavy atom. The van der Waals surface area contributed by atoms with Gasteiger partial charge < -0.3 is 10.6 Å². The van der Waals surface area contributed by atoms with Crippen LogP contribution in [0.2, 0.25) is 0 Å². The summed E-state index contributed by atoms with van der Waals surface area (Å²) in [7, 11) is 0. The van der Waals surface area contributed by atoms with Gasteiger partial charge in [-0.1, -0.05) is 23.8 Å². The first-order chi connectivity index (χ1) is 11.5. The number of rotatable bonds is 4. The molecule has 1 aliphatic rings. The Bertz CT molecular complexity index is 743. The highest BCUT2D eigenvalue weighted by molar-refractivity contribution is 7.10. The fraction of sp³-hybridized carbons (Fsp3) is 0.333. The molecule has 5 nitrogen and oxygen atoms in total. The van der Waals surface area contributed by atoms with Gasteiger partial charge in [-0.15, -0.1) is 11.3 Å². The lowest BCUT2D eigenvalue weighted by atomic mass is 10.1. The van der Waals surface area contributed by atoms with Gasteiger partial charge in [-0.2, -0.15) is 0 Å². The van der Waals surface area contributed by atoms with Gasteiger partial charge in [-0.25, -0.2) is 0 Å². The summed E-state index contributed by atoms with van der Waals surface area (Å²) in [5.74, 6) is -0.138. The van der Waals surface area contributed by atoms with Crippen LogP contribution in [0.25, 0.3) is 0 Å². The smallest absolute Gasteiger partial charge is 0.242 e. The number of nitrogens with zero attached hydrogens (tertiary/aromatic N) is 1. The number of piperazine rings is 1. The summed E-state index contributed by atoms with van der Waals surface area (Å²) in [4.78, 5) is 27.6. The molecule has 0 bridgehead atoms. The monoisotopic (exact) mass is 343 g/mol. The molecule has 1 saturated heterocycles. The standard InChI is InChI=1S/C18H21N3O2S/c1-12-5-6-14(13(2)10-12)20-16(22)11-21-8-7-19-18(23)17(21)15-4-3-9-24-15/h3-6,9-10,17H,7-8,11H2,1-2H3,(H,19,23)(H,20,22). The molecule has 2 amide bonds. The van der Waals surface area contributed by atoms with Crippen molar-refractivity contribution >= 4 is 28.8 Å². The summed E-state index contributed by atoms with van der Waals surface area (Å²) in [6.45, 7) is 5.43. The van der Waals surface area contributed by atoms with Crippen molar-refractivity contribution in [2.45, 2.75) is 19.9 Å². The molecule has 2 N–H and O–H groups in total. The fourth-order valence-electron chi connectivity index (χ4n) is 2.97. The van der Waals surface area contributed by atoms with Crippen molar-refractivity contribution < 1.29 is 9.59 Å². The molecule has 1 aromatic heterocycles. The van der Waals surface area contributed by atoms with E-state index in [-0.39, 0.29) is 24.4 Å². The van der Waals surface area contributed by atoms with Gasteiger partial charge in [-0.05, 0) is 36.9 Å². The van der Waals surface area contributed by atoms with Crippen molar-refractivity contribution in [2.75, 3.05) is 25.0 Å². The second-order valence-electron chi connectivity index (χ2n) is 6.05. The van der Waals surface area contributed by atoms with Gasteiger partial charge in [0.1, 0.15) is 6.04 Å². The highest BCUT2D eigenvalue weighted by atomic mass is 32.1. The number of carbonyl (C=O) groups is 2. The molecule has 24 heavy (non-hydrogen) atoms. The predicted octanol–water partition coefficient (Wildman–Crippen LogP) is 2.48. The minimum atomic E-state index is -0.386. The molecular formula is C18H21N3O2S. The number of anilines is 1. The molecule has 126 valence electrons. The van der Waals surface area contributed by atoms with Crippen molar-refractivity contribution in [3.05, 3.63) is 51.7 Å². The van der Waals surface area contributed by atoms with Crippen molar-refractivity contribution in [3.63, 3.8) is 0 Å². The fourth-order valence-corrected chi connectivity index (χ4v) is 3.83. The van der Waals surface area contributed by atoms with Crippen LogP contribution in [-0.2, 0) is 9.59 Å². The van der Waals surface area contributed by atoms with Crippen LogP contribution in [0.4, 0.5) is 5.69 Å². The second-order valence-corrected chi connectivity index (χ2v) is 7.03. The van der Waals surface area contributed by atoms with E-state index >= 15 is 0 Å². The normalized spacial score (nSPS) is 18.2. The molecule has 0 spiro atoms. The van der Waals surface area contributed by atoms with Gasteiger partial charge in [0.15, 0.2) is 0 Å². The van der Waals surface area contributed by atoms with Crippen LogP contribution in [0.15, 0.2) is 35.7 Å². The summed E-state index contributed by atoms with van der Waals surface area (Å²) in [5.41, 5.74) is 3.02. The minimum Gasteiger partial charge on any atom is -0.353 e. The lowest BCUT2D eigenvalue weighted by Gasteiger charge is -2.33. The van der Waals surface area contributed by atoms with E-state index in [4.69, 9.17) is 0 Å². The first-order valence-electron chi connectivity index (χ1n) is 7.97. The van der Waals surface area contributed by atoms with Gasteiger partial charge in [0.2, 0.25) is 11.8 Å². The van der Waals surface area contributed by atoms with Gasteiger partial charge in [0.25, 0.3) is 0 Å². The topological polar surface area (TPSA) is 61.4 Å². The predicted molar refractivity (Wildman–Crippen MR) is 96.2 cm³/mol. The lowest BCUT2D eigenvalue weighted by Crippen LogP contribution is -2.51. The Morgan fingerprint density at radius 3 is 2.92 bits per heavy atom. The van der Waals surface area contributed by atoms with E-state index in [1.165, 1.54) is 11.3 Å². The molecule has 1 fully saturated rings. The van der Waals surface area contributed by atoms with Crippen LogP contribution in [0.1, 0.15) is 22.0 Å². The molecule has 6 heteroatoms. The molecule has 2 aromatic rings. The zero-order valence-corrected chi connectivity index (χ0v) is 14.7. The third kappa shape index (κ3) is 3.66. The van der Waals surface area contributed by atoms with Crippen molar-refractivity contribution in [3.8, 4) is 0 Å². The Balaban J connectivity index is 1.71. The molecule has 1 aliphatic heterocycles. The van der Waals surface area contributed by atoms with Crippen LogP contribution in [0, 0.1) is 13.8 Å². The van der Waals surface area contributed by atoms with Crippen LogP contribution < -0.4 is 10.6 Å². The number of thiophene rings is 1. The van der Waals surface area contributed by atoms with Crippen LogP contribution in [0.5, 0.6) is 0 Å². The minimum absolute atomic E-state index is 0.0389. The number of hydrogen-bond donors (Lipinski definition) is 2. The van der Waals surface area contributed by atoms with E-state index < -0.39 is 0 Å². The highest BCUT2D eigenvalue weighted by Crippen LogP contribution is 2.27. The summed E-state index contributed by atoms with van der Waals surface area (Å²) >= 11 is 1.54. The molecule has 1 aromatic carbocycles. The quantitative estimate of drug-likeness (QED) is 0.896. The Kier molecular flexibility index (Phi) is 4.97. The maximum absolute atomic E-state index is 12.5.